The van der Waals surface area contributed by atoms with E-state index in [1.165, 1.54) is 0 Å². The first kappa shape index (κ1) is 8.68. The van der Waals surface area contributed by atoms with Gasteiger partial charge in [0.05, 0.1) is 19.1 Å². The molecule has 3 heterocycles. The molecular formula is C10H16N2O2. The van der Waals surface area contributed by atoms with E-state index < -0.39 is 0 Å². The highest BCUT2D eigenvalue weighted by molar-refractivity contribution is 5.80. The lowest BCUT2D eigenvalue weighted by atomic mass is 10.0. The number of fused-ring (bicyclic) bond motifs is 1. The second-order valence-corrected chi connectivity index (χ2v) is 4.66. The molecule has 4 heteroatoms. The highest BCUT2D eigenvalue weighted by Gasteiger charge is 2.41. The molecule has 3 aliphatic heterocycles. The molecule has 1 N–H and O–H groups in total. The summed E-state index contributed by atoms with van der Waals surface area (Å²) in [6, 6.07) is 0. The Hall–Kier alpha value is -0.610. The maximum Gasteiger partial charge on any atom is 0.228 e. The number of rotatable bonds is 1. The van der Waals surface area contributed by atoms with Gasteiger partial charge in [0.15, 0.2) is 0 Å². The summed E-state index contributed by atoms with van der Waals surface area (Å²) in [6.07, 6.45) is 0. The lowest BCUT2D eigenvalue weighted by Crippen LogP contribution is -2.51. The molecule has 0 bridgehead atoms. The topological polar surface area (TPSA) is 41.6 Å². The van der Waals surface area contributed by atoms with Gasteiger partial charge in [0.25, 0.3) is 0 Å². The van der Waals surface area contributed by atoms with Crippen molar-refractivity contribution in [3.05, 3.63) is 0 Å². The number of nitrogens with zero attached hydrogens (tertiary/aromatic N) is 1. The third-order valence-corrected chi connectivity index (χ3v) is 3.68. The van der Waals surface area contributed by atoms with Crippen LogP contribution in [0.4, 0.5) is 0 Å². The van der Waals surface area contributed by atoms with E-state index in [1.807, 2.05) is 4.90 Å². The van der Waals surface area contributed by atoms with Crippen molar-refractivity contribution in [3.8, 4) is 0 Å². The highest BCUT2D eigenvalue weighted by atomic mass is 16.5. The number of nitrogens with one attached hydrogen (secondary N) is 1. The summed E-state index contributed by atoms with van der Waals surface area (Å²) in [7, 11) is 0. The summed E-state index contributed by atoms with van der Waals surface area (Å²) >= 11 is 0. The second kappa shape index (κ2) is 3.21. The fourth-order valence-electron chi connectivity index (χ4n) is 2.59. The monoisotopic (exact) mass is 196 g/mol. The van der Waals surface area contributed by atoms with Crippen molar-refractivity contribution in [1.29, 1.82) is 0 Å². The number of ether oxygens (including phenoxy) is 1. The van der Waals surface area contributed by atoms with Crippen molar-refractivity contribution < 1.29 is 9.53 Å². The number of hydrogen-bond acceptors (Lipinski definition) is 3. The molecule has 0 aromatic rings. The zero-order chi connectivity index (χ0) is 9.54. The number of likely N-dealkylation sites (tertiary alicyclic amines) is 1. The zero-order valence-electron chi connectivity index (χ0n) is 8.24. The molecule has 3 fully saturated rings. The van der Waals surface area contributed by atoms with Crippen LogP contribution < -0.4 is 5.32 Å². The minimum absolute atomic E-state index is 0.259. The predicted molar refractivity (Wildman–Crippen MR) is 50.7 cm³/mol. The fourth-order valence-corrected chi connectivity index (χ4v) is 2.59. The van der Waals surface area contributed by atoms with Gasteiger partial charge in [-0.2, -0.15) is 0 Å². The molecule has 0 aliphatic carbocycles. The van der Waals surface area contributed by atoms with Crippen LogP contribution in [0.3, 0.4) is 0 Å². The van der Waals surface area contributed by atoms with Crippen molar-refractivity contribution in [2.75, 3.05) is 39.4 Å². The summed E-state index contributed by atoms with van der Waals surface area (Å²) in [5.41, 5.74) is 0. The maximum atomic E-state index is 11.9. The largest absolute Gasteiger partial charge is 0.381 e. The minimum Gasteiger partial charge on any atom is -0.381 e. The maximum absolute atomic E-state index is 11.9. The molecule has 3 rings (SSSR count). The first-order chi connectivity index (χ1) is 6.84. The molecule has 1 amide bonds. The van der Waals surface area contributed by atoms with E-state index in [-0.39, 0.29) is 5.92 Å². The van der Waals surface area contributed by atoms with Crippen LogP contribution in [-0.4, -0.2) is 50.2 Å². The predicted octanol–water partition coefficient (Wildman–Crippen LogP) is -0.689. The van der Waals surface area contributed by atoms with E-state index in [2.05, 4.69) is 5.32 Å². The second-order valence-electron chi connectivity index (χ2n) is 4.66. The average Bonchev–Trinajstić information content (AvgIpc) is 2.56. The van der Waals surface area contributed by atoms with E-state index in [9.17, 15) is 4.79 Å². The summed E-state index contributed by atoms with van der Waals surface area (Å²) in [5.74, 6) is 1.85. The normalized spacial score (nSPS) is 37.0. The van der Waals surface area contributed by atoms with E-state index in [1.54, 1.807) is 0 Å². The Morgan fingerprint density at radius 2 is 1.86 bits per heavy atom. The van der Waals surface area contributed by atoms with Crippen LogP contribution in [0.2, 0.25) is 0 Å². The van der Waals surface area contributed by atoms with Gasteiger partial charge in [0.1, 0.15) is 0 Å². The van der Waals surface area contributed by atoms with Gasteiger partial charge < -0.3 is 15.0 Å². The number of amides is 1. The fraction of sp³-hybridized carbons (Fsp3) is 0.900. The molecule has 0 aromatic carbocycles. The van der Waals surface area contributed by atoms with Crippen LogP contribution in [0.5, 0.6) is 0 Å². The average molecular weight is 196 g/mol. The molecule has 0 spiro atoms. The number of carbonyl (C=O) groups excluding carboxylic acids is 1. The zero-order valence-corrected chi connectivity index (χ0v) is 8.24. The summed E-state index contributed by atoms with van der Waals surface area (Å²) in [5, 5.41) is 3.14. The Morgan fingerprint density at radius 1 is 1.21 bits per heavy atom. The summed E-state index contributed by atoms with van der Waals surface area (Å²) in [4.78, 5) is 13.9. The van der Waals surface area contributed by atoms with Gasteiger partial charge in [0, 0.05) is 38.0 Å². The number of carbonyl (C=O) groups is 1. The van der Waals surface area contributed by atoms with Gasteiger partial charge >= 0.3 is 0 Å². The quantitative estimate of drug-likeness (QED) is 0.603. The van der Waals surface area contributed by atoms with Gasteiger partial charge in [-0.25, -0.2) is 0 Å². The molecule has 3 saturated heterocycles. The number of hydrogen-bond donors (Lipinski definition) is 1. The Bertz CT molecular complexity index is 241. The van der Waals surface area contributed by atoms with Crippen molar-refractivity contribution >= 4 is 5.91 Å². The Labute approximate surface area is 83.6 Å². The molecule has 0 radical (unpaired) electrons. The minimum atomic E-state index is 0.259. The van der Waals surface area contributed by atoms with E-state index in [0.717, 1.165) is 39.4 Å². The molecule has 3 aliphatic rings. The molecule has 0 unspecified atom stereocenters. The SMILES string of the molecule is O=C(C1CNC1)N1C[C@H]2COC[C@H]2C1. The Balaban J connectivity index is 1.61. The van der Waals surface area contributed by atoms with Gasteiger partial charge in [-0.1, -0.05) is 0 Å². The van der Waals surface area contributed by atoms with Crippen LogP contribution in [-0.2, 0) is 9.53 Å². The van der Waals surface area contributed by atoms with Crippen molar-refractivity contribution in [3.63, 3.8) is 0 Å². The van der Waals surface area contributed by atoms with Crippen molar-refractivity contribution in [2.24, 2.45) is 17.8 Å². The Morgan fingerprint density at radius 3 is 2.36 bits per heavy atom. The van der Waals surface area contributed by atoms with Crippen LogP contribution in [0.1, 0.15) is 0 Å². The van der Waals surface area contributed by atoms with Crippen molar-refractivity contribution in [2.45, 2.75) is 0 Å². The van der Waals surface area contributed by atoms with E-state index in [4.69, 9.17) is 4.74 Å². The van der Waals surface area contributed by atoms with Gasteiger partial charge in [0.2, 0.25) is 5.91 Å². The smallest absolute Gasteiger partial charge is 0.228 e. The Kier molecular flexibility index (Phi) is 1.99. The first-order valence-corrected chi connectivity index (χ1v) is 5.42. The third-order valence-electron chi connectivity index (χ3n) is 3.68. The molecule has 14 heavy (non-hydrogen) atoms. The van der Waals surface area contributed by atoms with Crippen LogP contribution in [0.25, 0.3) is 0 Å². The molecule has 0 saturated carbocycles. The summed E-state index contributed by atoms with van der Waals surface area (Å²) in [6.45, 7) is 5.33. The standard InChI is InChI=1S/C10H16N2O2/c13-10(7-1-11-2-7)12-3-8-5-14-6-9(8)4-12/h7-9,11H,1-6H2/t8-,9+. The summed E-state index contributed by atoms with van der Waals surface area (Å²) < 4.78 is 5.39. The van der Waals surface area contributed by atoms with Crippen LogP contribution in [0.15, 0.2) is 0 Å². The molecule has 4 nitrogen and oxygen atoms in total. The van der Waals surface area contributed by atoms with Gasteiger partial charge in [-0.15, -0.1) is 0 Å². The molecule has 78 valence electrons. The highest BCUT2D eigenvalue weighted by Crippen LogP contribution is 2.30. The van der Waals surface area contributed by atoms with Gasteiger partial charge in [-0.05, 0) is 0 Å². The van der Waals surface area contributed by atoms with E-state index >= 15 is 0 Å². The van der Waals surface area contributed by atoms with Gasteiger partial charge in [-0.3, -0.25) is 4.79 Å². The molecule has 0 aromatic heterocycles. The third kappa shape index (κ3) is 1.25. The molecular weight excluding hydrogens is 180 g/mol. The van der Waals surface area contributed by atoms with Crippen LogP contribution in [0, 0.1) is 17.8 Å². The van der Waals surface area contributed by atoms with Crippen LogP contribution >= 0.6 is 0 Å². The lowest BCUT2D eigenvalue weighted by molar-refractivity contribution is -0.136. The van der Waals surface area contributed by atoms with E-state index in [0.29, 0.717) is 17.7 Å². The lowest BCUT2D eigenvalue weighted by Gasteiger charge is -2.30. The molecule has 2 atom stereocenters. The van der Waals surface area contributed by atoms with Crippen molar-refractivity contribution in [1.82, 2.24) is 10.2 Å². The first-order valence-electron chi connectivity index (χ1n) is 5.42.